The zero-order chi connectivity index (χ0) is 19.9. The molecule has 2 heterocycles. The number of rotatable bonds is 1. The topological polar surface area (TPSA) is 36.9 Å². The normalized spacial score (nSPS) is 47.3. The fourth-order valence-electron chi connectivity index (χ4n) is 8.29. The largest absolute Gasteiger partial charge is 0.348 e. The standard InChI is InChI=1S/C25H36O4/c1-22-10-11-25(28-14-15-29-25)16-17(22)4-5-18-19-6-7-21(24(3)26-12-13-27-24)23(19,2)9-8-20(18)22/h4-5,19-21H,6-16H2,1-3H3/t19-,20-,21?,22-,23?/m0/s1. The zero-order valence-electron chi connectivity index (χ0n) is 18.3. The molecule has 4 heteroatoms. The first-order valence-electron chi connectivity index (χ1n) is 11.9. The molecule has 4 nitrogen and oxygen atoms in total. The van der Waals surface area contributed by atoms with Crippen LogP contribution in [0.2, 0.25) is 0 Å². The van der Waals surface area contributed by atoms with Gasteiger partial charge in [-0.1, -0.05) is 37.1 Å². The Hall–Kier alpha value is -0.680. The molecule has 5 fully saturated rings. The van der Waals surface area contributed by atoms with Gasteiger partial charge < -0.3 is 18.9 Å². The van der Waals surface area contributed by atoms with Crippen molar-refractivity contribution in [2.75, 3.05) is 26.4 Å². The molecular formula is C25H36O4. The molecule has 2 saturated heterocycles. The van der Waals surface area contributed by atoms with Crippen molar-refractivity contribution in [3.05, 3.63) is 23.3 Å². The molecule has 4 aliphatic carbocycles. The van der Waals surface area contributed by atoms with E-state index < -0.39 is 0 Å². The van der Waals surface area contributed by atoms with Gasteiger partial charge in [-0.05, 0) is 61.7 Å². The van der Waals surface area contributed by atoms with Crippen LogP contribution in [0.3, 0.4) is 0 Å². The highest BCUT2D eigenvalue weighted by molar-refractivity contribution is 5.39. The molecule has 160 valence electrons. The van der Waals surface area contributed by atoms with Crippen LogP contribution in [0.5, 0.6) is 0 Å². The van der Waals surface area contributed by atoms with Crippen LogP contribution in [0.1, 0.15) is 65.7 Å². The van der Waals surface area contributed by atoms with Crippen LogP contribution < -0.4 is 0 Å². The summed E-state index contributed by atoms with van der Waals surface area (Å²) in [6, 6.07) is 0. The lowest BCUT2D eigenvalue weighted by Crippen LogP contribution is -2.51. The lowest BCUT2D eigenvalue weighted by atomic mass is 9.50. The van der Waals surface area contributed by atoms with Gasteiger partial charge in [0.25, 0.3) is 0 Å². The minimum Gasteiger partial charge on any atom is -0.348 e. The third kappa shape index (κ3) is 2.52. The maximum Gasteiger partial charge on any atom is 0.172 e. The predicted octanol–water partition coefficient (Wildman–Crippen LogP) is 4.99. The number of hydrogen-bond acceptors (Lipinski definition) is 4. The summed E-state index contributed by atoms with van der Waals surface area (Å²) in [6.45, 7) is 10.2. The van der Waals surface area contributed by atoms with Crippen molar-refractivity contribution in [3.8, 4) is 0 Å². The molecule has 0 amide bonds. The minimum absolute atomic E-state index is 0.272. The number of fused-ring (bicyclic) bond motifs is 5. The van der Waals surface area contributed by atoms with Gasteiger partial charge in [-0.2, -0.15) is 0 Å². The summed E-state index contributed by atoms with van der Waals surface area (Å²) in [4.78, 5) is 0. The van der Waals surface area contributed by atoms with Crippen LogP contribution in [0.25, 0.3) is 0 Å². The smallest absolute Gasteiger partial charge is 0.172 e. The van der Waals surface area contributed by atoms with Gasteiger partial charge in [-0.3, -0.25) is 0 Å². The van der Waals surface area contributed by atoms with E-state index >= 15 is 0 Å². The van der Waals surface area contributed by atoms with Crippen LogP contribution in [-0.2, 0) is 18.9 Å². The van der Waals surface area contributed by atoms with E-state index in [-0.39, 0.29) is 22.4 Å². The van der Waals surface area contributed by atoms with Crippen molar-refractivity contribution in [2.24, 2.45) is 28.6 Å². The van der Waals surface area contributed by atoms with Crippen LogP contribution in [-0.4, -0.2) is 38.0 Å². The average Bonchev–Trinajstić information content (AvgIpc) is 3.42. The molecule has 0 radical (unpaired) electrons. The lowest BCUT2D eigenvalue weighted by Gasteiger charge is -2.56. The summed E-state index contributed by atoms with van der Waals surface area (Å²) >= 11 is 0. The Labute approximate surface area is 175 Å². The number of hydrogen-bond donors (Lipinski definition) is 0. The zero-order valence-corrected chi connectivity index (χ0v) is 18.3. The van der Waals surface area contributed by atoms with Crippen molar-refractivity contribution in [2.45, 2.75) is 77.3 Å². The quantitative estimate of drug-likeness (QED) is 0.621. The van der Waals surface area contributed by atoms with Crippen molar-refractivity contribution >= 4 is 0 Å². The van der Waals surface area contributed by atoms with Gasteiger partial charge in [0.2, 0.25) is 0 Å². The van der Waals surface area contributed by atoms with Crippen molar-refractivity contribution in [1.29, 1.82) is 0 Å². The highest BCUT2D eigenvalue weighted by Crippen LogP contribution is 2.67. The summed E-state index contributed by atoms with van der Waals surface area (Å²) in [6.07, 6.45) is 13.2. The molecule has 0 bridgehead atoms. The van der Waals surface area contributed by atoms with Crippen LogP contribution >= 0.6 is 0 Å². The van der Waals surface area contributed by atoms with Gasteiger partial charge >= 0.3 is 0 Å². The summed E-state index contributed by atoms with van der Waals surface area (Å²) in [5.41, 5.74) is 3.84. The van der Waals surface area contributed by atoms with E-state index in [0.29, 0.717) is 17.8 Å². The lowest BCUT2D eigenvalue weighted by molar-refractivity contribution is -0.208. The molecule has 29 heavy (non-hydrogen) atoms. The maximum absolute atomic E-state index is 6.15. The van der Waals surface area contributed by atoms with Gasteiger partial charge in [-0.15, -0.1) is 0 Å². The monoisotopic (exact) mass is 400 g/mol. The molecule has 2 aliphatic heterocycles. The molecule has 0 N–H and O–H groups in total. The Bertz CT molecular complexity index is 757. The third-order valence-electron chi connectivity index (χ3n) is 9.88. The first kappa shape index (κ1) is 19.0. The molecule has 6 aliphatic rings. The summed E-state index contributed by atoms with van der Waals surface area (Å²) in [5, 5.41) is 0. The Morgan fingerprint density at radius 3 is 2.24 bits per heavy atom. The van der Waals surface area contributed by atoms with Crippen molar-refractivity contribution in [1.82, 2.24) is 0 Å². The molecule has 0 aromatic carbocycles. The second-order valence-electron chi connectivity index (χ2n) is 11.1. The molecule has 2 unspecified atom stereocenters. The first-order chi connectivity index (χ1) is 13.9. The molecule has 0 aromatic heterocycles. The summed E-state index contributed by atoms with van der Waals surface area (Å²) in [7, 11) is 0. The highest BCUT2D eigenvalue weighted by atomic mass is 16.7. The summed E-state index contributed by atoms with van der Waals surface area (Å²) < 4.78 is 24.4. The van der Waals surface area contributed by atoms with E-state index in [1.54, 1.807) is 11.1 Å². The first-order valence-corrected chi connectivity index (χ1v) is 11.9. The highest BCUT2D eigenvalue weighted by Gasteiger charge is 2.62. The van der Waals surface area contributed by atoms with Gasteiger partial charge in [-0.25, -0.2) is 0 Å². The Balaban J connectivity index is 1.33. The number of allylic oxidation sites excluding steroid dienone is 3. The van der Waals surface area contributed by atoms with Crippen LogP contribution in [0.15, 0.2) is 23.3 Å². The molecule has 3 saturated carbocycles. The Morgan fingerprint density at radius 1 is 0.759 bits per heavy atom. The predicted molar refractivity (Wildman–Crippen MR) is 110 cm³/mol. The van der Waals surface area contributed by atoms with Crippen LogP contribution in [0.4, 0.5) is 0 Å². The van der Waals surface area contributed by atoms with E-state index in [2.05, 4.69) is 32.9 Å². The summed E-state index contributed by atoms with van der Waals surface area (Å²) in [5.74, 6) is 1.13. The van der Waals surface area contributed by atoms with E-state index in [9.17, 15) is 0 Å². The van der Waals surface area contributed by atoms with E-state index in [1.807, 2.05) is 0 Å². The third-order valence-corrected chi connectivity index (χ3v) is 9.88. The van der Waals surface area contributed by atoms with E-state index in [1.165, 1.54) is 32.1 Å². The average molecular weight is 401 g/mol. The van der Waals surface area contributed by atoms with Crippen LogP contribution in [0, 0.1) is 28.6 Å². The molecule has 5 atom stereocenters. The molecule has 0 aromatic rings. The Kier molecular flexibility index (Phi) is 4.06. The second-order valence-corrected chi connectivity index (χ2v) is 11.1. The van der Waals surface area contributed by atoms with Crippen molar-refractivity contribution in [3.63, 3.8) is 0 Å². The molecule has 1 spiro atoms. The van der Waals surface area contributed by atoms with Gasteiger partial charge in [0.15, 0.2) is 11.6 Å². The maximum atomic E-state index is 6.15. The van der Waals surface area contributed by atoms with E-state index in [4.69, 9.17) is 18.9 Å². The second kappa shape index (κ2) is 6.18. The SMILES string of the molecule is CC1(C2CC[C@H]3C4=CC=C5CC6(CC[C@]5(C)[C@H]4CCC23C)OCCO6)OCCO1. The Morgan fingerprint density at radius 2 is 1.48 bits per heavy atom. The molecule has 6 rings (SSSR count). The molecular weight excluding hydrogens is 364 g/mol. The van der Waals surface area contributed by atoms with Gasteiger partial charge in [0, 0.05) is 18.8 Å². The fraction of sp³-hybridized carbons (Fsp3) is 0.840. The van der Waals surface area contributed by atoms with Gasteiger partial charge in [0.1, 0.15) is 0 Å². The van der Waals surface area contributed by atoms with Gasteiger partial charge in [0.05, 0.1) is 26.4 Å². The minimum atomic E-state index is -0.384. The van der Waals surface area contributed by atoms with Crippen molar-refractivity contribution < 1.29 is 18.9 Å². The fourth-order valence-corrected chi connectivity index (χ4v) is 8.29. The van der Waals surface area contributed by atoms with E-state index in [0.717, 1.165) is 39.3 Å². The number of ether oxygens (including phenoxy) is 4.